The van der Waals surface area contributed by atoms with Crippen molar-refractivity contribution >= 4 is 29.1 Å². The summed E-state index contributed by atoms with van der Waals surface area (Å²) >= 11 is 5.84. The number of carbonyl (C=O) groups excluding carboxylic acids is 2. The number of hydrogen-bond donors (Lipinski definition) is 2. The van der Waals surface area contributed by atoms with Crippen molar-refractivity contribution in [2.24, 2.45) is 0 Å². The Labute approximate surface area is 139 Å². The van der Waals surface area contributed by atoms with Gasteiger partial charge in [0.05, 0.1) is 7.11 Å². The second-order valence-electron chi connectivity index (χ2n) is 4.82. The predicted octanol–water partition coefficient (Wildman–Crippen LogP) is 2.99. The summed E-state index contributed by atoms with van der Waals surface area (Å²) in [5, 5.41) is 5.84. The molecule has 2 rings (SSSR count). The predicted molar refractivity (Wildman–Crippen MR) is 89.5 cm³/mol. The number of para-hydroxylation sites is 1. The van der Waals surface area contributed by atoms with E-state index in [0.717, 1.165) is 5.56 Å². The van der Waals surface area contributed by atoms with E-state index in [-0.39, 0.29) is 12.3 Å². The number of carbonyl (C=O) groups is 2. The Morgan fingerprint density at radius 3 is 2.61 bits per heavy atom. The normalized spacial score (nSPS) is 10.0. The highest BCUT2D eigenvalue weighted by molar-refractivity contribution is 6.30. The molecule has 0 saturated heterocycles. The van der Waals surface area contributed by atoms with Crippen LogP contribution in [0.25, 0.3) is 0 Å². The number of benzene rings is 2. The average molecular weight is 333 g/mol. The number of rotatable bonds is 6. The largest absolute Gasteiger partial charge is 0.496 e. The maximum Gasteiger partial charge on any atom is 0.233 e. The molecule has 0 aliphatic carbocycles. The van der Waals surface area contributed by atoms with E-state index in [1.807, 2.05) is 24.3 Å². The second kappa shape index (κ2) is 8.19. The summed E-state index contributed by atoms with van der Waals surface area (Å²) in [6, 6.07) is 14.1. The fourth-order valence-electron chi connectivity index (χ4n) is 2.02. The van der Waals surface area contributed by atoms with E-state index >= 15 is 0 Å². The fourth-order valence-corrected chi connectivity index (χ4v) is 2.21. The first-order chi connectivity index (χ1) is 11.1. The molecular weight excluding hydrogens is 316 g/mol. The van der Waals surface area contributed by atoms with E-state index in [2.05, 4.69) is 10.6 Å². The van der Waals surface area contributed by atoms with Gasteiger partial charge in [-0.3, -0.25) is 9.59 Å². The van der Waals surface area contributed by atoms with Crippen LogP contribution in [0.1, 0.15) is 12.0 Å². The standard InChI is InChI=1S/C17H17ClN2O3/c1-23-15-8-3-2-5-12(15)11-19-16(21)10-17(22)20-14-7-4-6-13(18)9-14/h2-9H,10-11H2,1H3,(H,19,21)(H,20,22). The van der Waals surface area contributed by atoms with Crippen molar-refractivity contribution in [3.63, 3.8) is 0 Å². The molecule has 0 radical (unpaired) electrons. The molecule has 0 saturated carbocycles. The summed E-state index contributed by atoms with van der Waals surface area (Å²) in [5.41, 5.74) is 1.40. The zero-order valence-corrected chi connectivity index (χ0v) is 13.4. The molecule has 0 fully saturated rings. The van der Waals surface area contributed by atoms with Gasteiger partial charge in [-0.05, 0) is 24.3 Å². The summed E-state index contributed by atoms with van der Waals surface area (Å²) in [6.45, 7) is 0.299. The van der Waals surface area contributed by atoms with Crippen LogP contribution in [0.5, 0.6) is 5.75 Å². The minimum atomic E-state index is -0.398. The number of anilines is 1. The number of ether oxygens (including phenoxy) is 1. The van der Waals surface area contributed by atoms with E-state index < -0.39 is 5.91 Å². The highest BCUT2D eigenvalue weighted by atomic mass is 35.5. The van der Waals surface area contributed by atoms with Crippen LogP contribution in [-0.4, -0.2) is 18.9 Å². The van der Waals surface area contributed by atoms with Gasteiger partial charge in [0.15, 0.2) is 0 Å². The third kappa shape index (κ3) is 5.30. The van der Waals surface area contributed by atoms with Crippen LogP contribution in [0, 0.1) is 0 Å². The quantitative estimate of drug-likeness (QED) is 0.799. The van der Waals surface area contributed by atoms with Crippen molar-refractivity contribution in [2.75, 3.05) is 12.4 Å². The molecule has 2 aromatic carbocycles. The average Bonchev–Trinajstić information content (AvgIpc) is 2.53. The van der Waals surface area contributed by atoms with Gasteiger partial charge in [0.25, 0.3) is 0 Å². The summed E-state index contributed by atoms with van der Waals surface area (Å²) in [7, 11) is 1.57. The van der Waals surface area contributed by atoms with Gasteiger partial charge in [-0.15, -0.1) is 0 Å². The van der Waals surface area contributed by atoms with Gasteiger partial charge in [0, 0.05) is 22.8 Å². The lowest BCUT2D eigenvalue weighted by Gasteiger charge is -2.10. The van der Waals surface area contributed by atoms with Gasteiger partial charge >= 0.3 is 0 Å². The minimum absolute atomic E-state index is 0.262. The van der Waals surface area contributed by atoms with E-state index in [9.17, 15) is 9.59 Å². The lowest BCUT2D eigenvalue weighted by molar-refractivity contribution is -0.126. The SMILES string of the molecule is COc1ccccc1CNC(=O)CC(=O)Nc1cccc(Cl)c1. The number of methoxy groups -OCH3 is 1. The summed E-state index contributed by atoms with van der Waals surface area (Å²) in [5.74, 6) is -0.0728. The third-order valence-electron chi connectivity index (χ3n) is 3.10. The Balaban J connectivity index is 1.83. The van der Waals surface area contributed by atoms with E-state index in [0.29, 0.717) is 23.0 Å². The summed E-state index contributed by atoms with van der Waals surface area (Å²) in [4.78, 5) is 23.7. The minimum Gasteiger partial charge on any atom is -0.496 e. The van der Waals surface area contributed by atoms with Crippen molar-refractivity contribution in [1.29, 1.82) is 0 Å². The number of nitrogens with one attached hydrogen (secondary N) is 2. The molecular formula is C17H17ClN2O3. The maximum atomic E-state index is 11.8. The van der Waals surface area contributed by atoms with E-state index in [4.69, 9.17) is 16.3 Å². The number of hydrogen-bond acceptors (Lipinski definition) is 3. The number of halogens is 1. The van der Waals surface area contributed by atoms with Crippen molar-refractivity contribution in [3.8, 4) is 5.75 Å². The molecule has 0 aromatic heterocycles. The molecule has 0 aliphatic heterocycles. The lowest BCUT2D eigenvalue weighted by Crippen LogP contribution is -2.27. The Hall–Kier alpha value is -2.53. The highest BCUT2D eigenvalue weighted by Gasteiger charge is 2.10. The van der Waals surface area contributed by atoms with Gasteiger partial charge in [-0.25, -0.2) is 0 Å². The number of amides is 2. The van der Waals surface area contributed by atoms with Crippen LogP contribution >= 0.6 is 11.6 Å². The summed E-state index contributed by atoms with van der Waals surface area (Å²) in [6.07, 6.45) is -0.262. The van der Waals surface area contributed by atoms with Crippen molar-refractivity contribution in [2.45, 2.75) is 13.0 Å². The zero-order valence-electron chi connectivity index (χ0n) is 12.6. The van der Waals surface area contributed by atoms with Crippen LogP contribution in [0.2, 0.25) is 5.02 Å². The fraction of sp³-hybridized carbons (Fsp3) is 0.176. The molecule has 0 aliphatic rings. The Kier molecular flexibility index (Phi) is 6.00. The first-order valence-electron chi connectivity index (χ1n) is 7.02. The zero-order chi connectivity index (χ0) is 16.7. The Morgan fingerprint density at radius 1 is 1.09 bits per heavy atom. The molecule has 5 nitrogen and oxygen atoms in total. The molecule has 6 heteroatoms. The monoisotopic (exact) mass is 332 g/mol. The maximum absolute atomic E-state index is 11.8. The molecule has 0 unspecified atom stereocenters. The first-order valence-corrected chi connectivity index (χ1v) is 7.40. The van der Waals surface area contributed by atoms with Crippen LogP contribution < -0.4 is 15.4 Å². The van der Waals surface area contributed by atoms with Crippen molar-refractivity contribution < 1.29 is 14.3 Å². The van der Waals surface area contributed by atoms with Gasteiger partial charge in [0.1, 0.15) is 12.2 Å². The molecule has 23 heavy (non-hydrogen) atoms. The topological polar surface area (TPSA) is 67.4 Å². The van der Waals surface area contributed by atoms with Gasteiger partial charge < -0.3 is 15.4 Å². The van der Waals surface area contributed by atoms with Crippen LogP contribution in [-0.2, 0) is 16.1 Å². The van der Waals surface area contributed by atoms with Crippen LogP contribution in [0.3, 0.4) is 0 Å². The van der Waals surface area contributed by atoms with E-state index in [1.54, 1.807) is 31.4 Å². The molecule has 2 aromatic rings. The van der Waals surface area contributed by atoms with E-state index in [1.165, 1.54) is 0 Å². The molecule has 0 bridgehead atoms. The summed E-state index contributed by atoms with van der Waals surface area (Å²) < 4.78 is 5.21. The molecule has 0 spiro atoms. The molecule has 2 amide bonds. The Morgan fingerprint density at radius 2 is 1.87 bits per heavy atom. The Bertz CT molecular complexity index is 704. The highest BCUT2D eigenvalue weighted by Crippen LogP contribution is 2.17. The van der Waals surface area contributed by atoms with Crippen LogP contribution in [0.4, 0.5) is 5.69 Å². The molecule has 2 N–H and O–H groups in total. The first kappa shape index (κ1) is 16.8. The van der Waals surface area contributed by atoms with Crippen molar-refractivity contribution in [1.82, 2.24) is 5.32 Å². The molecule has 120 valence electrons. The van der Waals surface area contributed by atoms with Gasteiger partial charge in [0.2, 0.25) is 11.8 Å². The lowest BCUT2D eigenvalue weighted by atomic mass is 10.2. The van der Waals surface area contributed by atoms with Crippen LogP contribution in [0.15, 0.2) is 48.5 Å². The molecule has 0 heterocycles. The molecule has 0 atom stereocenters. The van der Waals surface area contributed by atoms with Gasteiger partial charge in [-0.2, -0.15) is 0 Å². The third-order valence-corrected chi connectivity index (χ3v) is 3.33. The second-order valence-corrected chi connectivity index (χ2v) is 5.26. The smallest absolute Gasteiger partial charge is 0.233 e. The van der Waals surface area contributed by atoms with Gasteiger partial charge in [-0.1, -0.05) is 35.9 Å². The van der Waals surface area contributed by atoms with Crippen molar-refractivity contribution in [3.05, 3.63) is 59.1 Å².